The van der Waals surface area contributed by atoms with Gasteiger partial charge in [-0.1, -0.05) is 36.8 Å². The van der Waals surface area contributed by atoms with E-state index < -0.39 is 0 Å². The van der Waals surface area contributed by atoms with Crippen molar-refractivity contribution in [3.8, 4) is 0 Å². The van der Waals surface area contributed by atoms with Crippen LogP contribution in [0.25, 0.3) is 0 Å². The van der Waals surface area contributed by atoms with Gasteiger partial charge in [0.05, 0.1) is 11.3 Å². The number of amides is 2. The molecule has 0 heterocycles. The van der Waals surface area contributed by atoms with Crippen LogP contribution in [0.15, 0.2) is 48.5 Å². The molecule has 0 radical (unpaired) electrons. The number of hydrogen-bond donors (Lipinski definition) is 2. The Morgan fingerprint density at radius 2 is 1.77 bits per heavy atom. The van der Waals surface area contributed by atoms with Crippen LogP contribution < -0.4 is 10.6 Å². The van der Waals surface area contributed by atoms with Gasteiger partial charge >= 0.3 is 0 Å². The third-order valence-electron chi connectivity index (χ3n) is 3.24. The molecule has 22 heavy (non-hydrogen) atoms. The molecule has 0 unspecified atom stereocenters. The minimum absolute atomic E-state index is 0.179. The molecule has 0 saturated heterocycles. The number of rotatable bonds is 5. The van der Waals surface area contributed by atoms with Gasteiger partial charge in [-0.05, 0) is 37.6 Å². The van der Waals surface area contributed by atoms with Crippen molar-refractivity contribution < 1.29 is 9.59 Å². The Morgan fingerprint density at radius 1 is 1.00 bits per heavy atom. The minimum Gasteiger partial charge on any atom is -0.352 e. The van der Waals surface area contributed by atoms with E-state index in [9.17, 15) is 9.59 Å². The molecule has 2 aromatic rings. The lowest BCUT2D eigenvalue weighted by atomic mass is 10.1. The van der Waals surface area contributed by atoms with Crippen LogP contribution in [0.3, 0.4) is 0 Å². The molecular weight excluding hydrogens is 276 g/mol. The fraction of sp³-hybridized carbons (Fsp3) is 0.222. The highest BCUT2D eigenvalue weighted by Crippen LogP contribution is 2.16. The molecule has 0 saturated carbocycles. The van der Waals surface area contributed by atoms with Crippen LogP contribution in [0.5, 0.6) is 0 Å². The zero-order chi connectivity index (χ0) is 15.9. The van der Waals surface area contributed by atoms with Gasteiger partial charge in [0.15, 0.2) is 0 Å². The highest BCUT2D eigenvalue weighted by atomic mass is 16.2. The van der Waals surface area contributed by atoms with Gasteiger partial charge in [0, 0.05) is 12.1 Å². The molecule has 114 valence electrons. The number of para-hydroxylation sites is 1. The predicted molar refractivity (Wildman–Crippen MR) is 88.2 cm³/mol. The molecule has 0 spiro atoms. The number of aryl methyl sites for hydroxylation is 1. The second-order valence-electron chi connectivity index (χ2n) is 5.13. The van der Waals surface area contributed by atoms with E-state index in [1.807, 2.05) is 32.0 Å². The summed E-state index contributed by atoms with van der Waals surface area (Å²) in [5.74, 6) is -0.401. The molecule has 4 heteroatoms. The van der Waals surface area contributed by atoms with Gasteiger partial charge in [-0.25, -0.2) is 0 Å². The largest absolute Gasteiger partial charge is 0.352 e. The Kier molecular flexibility index (Phi) is 5.31. The Hall–Kier alpha value is -2.62. The Bertz CT molecular complexity index is 680. The Labute approximate surface area is 130 Å². The first-order valence-corrected chi connectivity index (χ1v) is 7.37. The highest BCUT2D eigenvalue weighted by molar-refractivity contribution is 6.09. The Balaban J connectivity index is 2.19. The van der Waals surface area contributed by atoms with Gasteiger partial charge in [-0.2, -0.15) is 0 Å². The summed E-state index contributed by atoms with van der Waals surface area (Å²) in [5.41, 5.74) is 2.57. The molecule has 0 aromatic heterocycles. The molecule has 0 bridgehead atoms. The van der Waals surface area contributed by atoms with Crippen molar-refractivity contribution in [3.05, 3.63) is 65.2 Å². The summed E-state index contributed by atoms with van der Waals surface area (Å²) in [4.78, 5) is 24.4. The summed E-state index contributed by atoms with van der Waals surface area (Å²) in [6.07, 6.45) is 0.865. The number of carbonyl (C=O) groups is 2. The van der Waals surface area contributed by atoms with Crippen LogP contribution in [-0.4, -0.2) is 18.4 Å². The summed E-state index contributed by atoms with van der Waals surface area (Å²) < 4.78 is 0. The topological polar surface area (TPSA) is 58.2 Å². The van der Waals surface area contributed by atoms with E-state index in [4.69, 9.17) is 0 Å². The van der Waals surface area contributed by atoms with Gasteiger partial charge in [0.2, 0.25) is 0 Å². The van der Waals surface area contributed by atoms with E-state index in [2.05, 4.69) is 10.6 Å². The lowest BCUT2D eigenvalue weighted by Crippen LogP contribution is -2.25. The van der Waals surface area contributed by atoms with Crippen molar-refractivity contribution >= 4 is 17.5 Å². The van der Waals surface area contributed by atoms with E-state index >= 15 is 0 Å². The molecule has 0 aliphatic heterocycles. The molecule has 2 amide bonds. The maximum Gasteiger partial charge on any atom is 0.255 e. The van der Waals surface area contributed by atoms with Crippen molar-refractivity contribution in [1.82, 2.24) is 5.32 Å². The highest BCUT2D eigenvalue weighted by Gasteiger charge is 2.13. The van der Waals surface area contributed by atoms with Crippen molar-refractivity contribution in [2.45, 2.75) is 20.3 Å². The standard InChI is InChI=1S/C18H20N2O2/c1-3-11-19-18(22)15-9-4-5-10-16(15)20-17(21)14-8-6-7-13(2)12-14/h4-10,12H,3,11H2,1-2H3,(H,19,22)(H,20,21). The first kappa shape index (κ1) is 15.8. The second-order valence-corrected chi connectivity index (χ2v) is 5.13. The summed E-state index contributed by atoms with van der Waals surface area (Å²) in [7, 11) is 0. The summed E-state index contributed by atoms with van der Waals surface area (Å²) in [6, 6.07) is 14.3. The van der Waals surface area contributed by atoms with E-state index in [-0.39, 0.29) is 11.8 Å². The fourth-order valence-corrected chi connectivity index (χ4v) is 2.10. The summed E-state index contributed by atoms with van der Waals surface area (Å²) in [5, 5.41) is 5.63. The van der Waals surface area contributed by atoms with E-state index in [1.165, 1.54) is 0 Å². The zero-order valence-corrected chi connectivity index (χ0v) is 12.8. The fourth-order valence-electron chi connectivity index (χ4n) is 2.10. The number of nitrogens with one attached hydrogen (secondary N) is 2. The van der Waals surface area contributed by atoms with Crippen LogP contribution in [-0.2, 0) is 0 Å². The summed E-state index contributed by atoms with van der Waals surface area (Å²) >= 11 is 0. The molecule has 0 atom stereocenters. The van der Waals surface area contributed by atoms with Gasteiger partial charge in [-0.3, -0.25) is 9.59 Å². The minimum atomic E-state index is -0.223. The summed E-state index contributed by atoms with van der Waals surface area (Å²) in [6.45, 7) is 4.54. The third-order valence-corrected chi connectivity index (χ3v) is 3.24. The monoisotopic (exact) mass is 296 g/mol. The maximum atomic E-state index is 12.3. The zero-order valence-electron chi connectivity index (χ0n) is 12.8. The number of benzene rings is 2. The van der Waals surface area contributed by atoms with Gasteiger partial charge in [0.1, 0.15) is 0 Å². The number of carbonyl (C=O) groups excluding carboxylic acids is 2. The van der Waals surface area contributed by atoms with Crippen molar-refractivity contribution in [2.75, 3.05) is 11.9 Å². The van der Waals surface area contributed by atoms with Crippen LogP contribution >= 0.6 is 0 Å². The van der Waals surface area contributed by atoms with Crippen LogP contribution in [0.1, 0.15) is 39.6 Å². The number of anilines is 1. The lowest BCUT2D eigenvalue weighted by molar-refractivity contribution is 0.0954. The van der Waals surface area contributed by atoms with Crippen molar-refractivity contribution in [2.24, 2.45) is 0 Å². The average Bonchev–Trinajstić information content (AvgIpc) is 2.53. The van der Waals surface area contributed by atoms with Crippen LogP contribution in [0.4, 0.5) is 5.69 Å². The number of hydrogen-bond acceptors (Lipinski definition) is 2. The quantitative estimate of drug-likeness (QED) is 0.888. The SMILES string of the molecule is CCCNC(=O)c1ccccc1NC(=O)c1cccc(C)c1. The first-order chi connectivity index (χ1) is 10.6. The Morgan fingerprint density at radius 3 is 2.50 bits per heavy atom. The molecule has 2 N–H and O–H groups in total. The molecule has 4 nitrogen and oxygen atoms in total. The molecule has 2 aromatic carbocycles. The maximum absolute atomic E-state index is 12.3. The smallest absolute Gasteiger partial charge is 0.255 e. The molecule has 0 aliphatic carbocycles. The van der Waals surface area contributed by atoms with E-state index in [0.29, 0.717) is 23.4 Å². The van der Waals surface area contributed by atoms with Crippen LogP contribution in [0.2, 0.25) is 0 Å². The van der Waals surface area contributed by atoms with Gasteiger partial charge in [-0.15, -0.1) is 0 Å². The van der Waals surface area contributed by atoms with Crippen molar-refractivity contribution in [1.29, 1.82) is 0 Å². The lowest BCUT2D eigenvalue weighted by Gasteiger charge is -2.11. The molecule has 0 aliphatic rings. The van der Waals surface area contributed by atoms with Gasteiger partial charge in [0.25, 0.3) is 11.8 Å². The predicted octanol–water partition coefficient (Wildman–Crippen LogP) is 3.39. The van der Waals surface area contributed by atoms with E-state index in [0.717, 1.165) is 12.0 Å². The average molecular weight is 296 g/mol. The molecule has 0 fully saturated rings. The van der Waals surface area contributed by atoms with Crippen molar-refractivity contribution in [3.63, 3.8) is 0 Å². The van der Waals surface area contributed by atoms with E-state index in [1.54, 1.807) is 30.3 Å². The second kappa shape index (κ2) is 7.41. The normalized spacial score (nSPS) is 10.1. The third kappa shape index (κ3) is 3.95. The van der Waals surface area contributed by atoms with Crippen LogP contribution in [0, 0.1) is 6.92 Å². The van der Waals surface area contributed by atoms with Gasteiger partial charge < -0.3 is 10.6 Å². The molecule has 2 rings (SSSR count). The first-order valence-electron chi connectivity index (χ1n) is 7.37. The molecular formula is C18H20N2O2.